The molecular formula is C14H14N2O5. The van der Waals surface area contributed by atoms with Gasteiger partial charge in [-0.3, -0.25) is 14.2 Å². The Hall–Kier alpha value is -2.83. The van der Waals surface area contributed by atoms with Gasteiger partial charge in [0.1, 0.15) is 12.3 Å². The van der Waals surface area contributed by atoms with E-state index in [9.17, 15) is 14.4 Å². The minimum atomic E-state index is -1.26. The van der Waals surface area contributed by atoms with Crippen LogP contribution in [0.2, 0.25) is 0 Å². The van der Waals surface area contributed by atoms with Gasteiger partial charge in [0.2, 0.25) is 0 Å². The minimum Gasteiger partial charge on any atom is -0.495 e. The van der Waals surface area contributed by atoms with E-state index in [1.807, 2.05) is 0 Å². The average Bonchev–Trinajstić information content (AvgIpc) is 2.43. The molecule has 0 spiro atoms. The number of rotatable bonds is 4. The number of carbonyl (C=O) groups is 1. The summed E-state index contributed by atoms with van der Waals surface area (Å²) in [7, 11) is 1.46. The van der Waals surface area contributed by atoms with Crippen LogP contribution in [0.1, 0.15) is 5.69 Å². The molecule has 7 nitrogen and oxygen atoms in total. The quantitative estimate of drug-likeness (QED) is 0.880. The predicted octanol–water partition coefficient (Wildman–Crippen LogP) is 0.401. The van der Waals surface area contributed by atoms with Crippen molar-refractivity contribution in [1.29, 1.82) is 0 Å². The SMILES string of the molecule is COc1ccccc1-n1c(C)cc(=O)n(CC(=O)O)c1=O. The van der Waals surface area contributed by atoms with Crippen molar-refractivity contribution in [2.24, 2.45) is 0 Å². The molecule has 21 heavy (non-hydrogen) atoms. The fraction of sp³-hybridized carbons (Fsp3) is 0.214. The van der Waals surface area contributed by atoms with Crippen molar-refractivity contribution < 1.29 is 14.6 Å². The summed E-state index contributed by atoms with van der Waals surface area (Å²) in [6.07, 6.45) is 0. The molecule has 0 radical (unpaired) electrons. The summed E-state index contributed by atoms with van der Waals surface area (Å²) in [4.78, 5) is 35.0. The first kappa shape index (κ1) is 14.6. The van der Waals surface area contributed by atoms with E-state index in [2.05, 4.69) is 0 Å². The zero-order valence-electron chi connectivity index (χ0n) is 11.6. The third-order valence-electron chi connectivity index (χ3n) is 2.99. The molecule has 0 amide bonds. The lowest BCUT2D eigenvalue weighted by Gasteiger charge is -2.14. The van der Waals surface area contributed by atoms with Gasteiger partial charge in [-0.05, 0) is 19.1 Å². The van der Waals surface area contributed by atoms with Crippen molar-refractivity contribution >= 4 is 5.97 Å². The zero-order valence-corrected chi connectivity index (χ0v) is 11.6. The lowest BCUT2D eigenvalue weighted by Crippen LogP contribution is -2.41. The Morgan fingerprint density at radius 1 is 1.29 bits per heavy atom. The Morgan fingerprint density at radius 2 is 1.95 bits per heavy atom. The Bertz CT molecular complexity index is 804. The van der Waals surface area contributed by atoms with Gasteiger partial charge in [-0.25, -0.2) is 9.36 Å². The highest BCUT2D eigenvalue weighted by Gasteiger charge is 2.15. The van der Waals surface area contributed by atoms with Crippen LogP contribution in [0.3, 0.4) is 0 Å². The Kier molecular flexibility index (Phi) is 3.93. The van der Waals surface area contributed by atoms with Gasteiger partial charge in [0.15, 0.2) is 0 Å². The Labute approximate surface area is 119 Å². The summed E-state index contributed by atoms with van der Waals surface area (Å²) in [5.74, 6) is -0.812. The summed E-state index contributed by atoms with van der Waals surface area (Å²) in [6.45, 7) is 0.910. The number of hydrogen-bond acceptors (Lipinski definition) is 4. The van der Waals surface area contributed by atoms with Gasteiger partial charge in [-0.1, -0.05) is 12.1 Å². The molecular weight excluding hydrogens is 276 g/mol. The smallest absolute Gasteiger partial charge is 0.336 e. The van der Waals surface area contributed by atoms with Crippen molar-refractivity contribution in [3.05, 3.63) is 56.9 Å². The van der Waals surface area contributed by atoms with Crippen LogP contribution in [0, 0.1) is 6.92 Å². The van der Waals surface area contributed by atoms with E-state index >= 15 is 0 Å². The van der Waals surface area contributed by atoms with Crippen LogP contribution in [0.4, 0.5) is 0 Å². The molecule has 0 atom stereocenters. The molecule has 0 bridgehead atoms. The lowest BCUT2D eigenvalue weighted by molar-refractivity contribution is -0.137. The average molecular weight is 290 g/mol. The van der Waals surface area contributed by atoms with Gasteiger partial charge in [-0.2, -0.15) is 0 Å². The highest BCUT2D eigenvalue weighted by molar-refractivity contribution is 5.66. The molecule has 0 unspecified atom stereocenters. The number of aromatic nitrogens is 2. The first-order valence-electron chi connectivity index (χ1n) is 6.14. The van der Waals surface area contributed by atoms with Crippen LogP contribution in [0.25, 0.3) is 5.69 Å². The van der Waals surface area contributed by atoms with Crippen LogP contribution in [0.15, 0.2) is 39.9 Å². The van der Waals surface area contributed by atoms with Gasteiger partial charge in [0.25, 0.3) is 5.56 Å². The van der Waals surface area contributed by atoms with Crippen LogP contribution < -0.4 is 16.0 Å². The topological polar surface area (TPSA) is 90.5 Å². The molecule has 2 aromatic rings. The third-order valence-corrected chi connectivity index (χ3v) is 2.99. The van der Waals surface area contributed by atoms with E-state index in [0.29, 0.717) is 21.7 Å². The first-order valence-corrected chi connectivity index (χ1v) is 6.14. The molecule has 110 valence electrons. The molecule has 2 rings (SSSR count). The van der Waals surface area contributed by atoms with Crippen molar-refractivity contribution in [3.8, 4) is 11.4 Å². The van der Waals surface area contributed by atoms with Gasteiger partial charge in [0.05, 0.1) is 12.8 Å². The maximum Gasteiger partial charge on any atom is 0.336 e. The first-order chi connectivity index (χ1) is 9.95. The molecule has 1 aromatic heterocycles. The van der Waals surface area contributed by atoms with Gasteiger partial charge < -0.3 is 9.84 Å². The molecule has 0 aliphatic heterocycles. The summed E-state index contributed by atoms with van der Waals surface area (Å²) in [6, 6.07) is 8.01. The third kappa shape index (κ3) is 2.71. The monoisotopic (exact) mass is 290 g/mol. The summed E-state index contributed by atoms with van der Waals surface area (Å²) < 4.78 is 7.12. The van der Waals surface area contributed by atoms with E-state index in [0.717, 1.165) is 0 Å². The van der Waals surface area contributed by atoms with E-state index in [-0.39, 0.29) is 0 Å². The number of para-hydroxylation sites is 2. The van der Waals surface area contributed by atoms with E-state index < -0.39 is 23.8 Å². The molecule has 1 heterocycles. The summed E-state index contributed by atoms with van der Waals surface area (Å²) in [5.41, 5.74) is -0.518. The number of hydrogen-bond donors (Lipinski definition) is 1. The number of nitrogens with zero attached hydrogens (tertiary/aromatic N) is 2. The maximum absolute atomic E-state index is 12.4. The van der Waals surface area contributed by atoms with E-state index in [1.165, 1.54) is 17.7 Å². The second-order valence-corrected chi connectivity index (χ2v) is 4.39. The number of aliphatic carboxylic acids is 1. The van der Waals surface area contributed by atoms with Gasteiger partial charge in [-0.15, -0.1) is 0 Å². The zero-order chi connectivity index (χ0) is 15.6. The number of methoxy groups -OCH3 is 1. The van der Waals surface area contributed by atoms with Crippen molar-refractivity contribution in [2.75, 3.05) is 7.11 Å². The number of aryl methyl sites for hydroxylation is 1. The fourth-order valence-corrected chi connectivity index (χ4v) is 2.08. The van der Waals surface area contributed by atoms with Gasteiger partial charge in [0, 0.05) is 11.8 Å². The largest absolute Gasteiger partial charge is 0.495 e. The standard InChI is InChI=1S/C14H14N2O5/c1-9-7-12(17)15(8-13(18)19)14(20)16(9)10-5-3-4-6-11(10)21-2/h3-7H,8H2,1-2H3,(H,18,19). The Morgan fingerprint density at radius 3 is 2.57 bits per heavy atom. The highest BCUT2D eigenvalue weighted by Crippen LogP contribution is 2.21. The number of benzene rings is 1. The van der Waals surface area contributed by atoms with Crippen LogP contribution in [0.5, 0.6) is 5.75 Å². The number of ether oxygens (including phenoxy) is 1. The van der Waals surface area contributed by atoms with Gasteiger partial charge >= 0.3 is 11.7 Å². The normalized spacial score (nSPS) is 10.4. The maximum atomic E-state index is 12.4. The number of carboxylic acids is 1. The summed E-state index contributed by atoms with van der Waals surface area (Å²) in [5, 5.41) is 8.81. The lowest BCUT2D eigenvalue weighted by atomic mass is 10.2. The van der Waals surface area contributed by atoms with Crippen LogP contribution in [-0.4, -0.2) is 27.3 Å². The molecule has 0 aliphatic carbocycles. The molecule has 1 aromatic carbocycles. The molecule has 1 N–H and O–H groups in total. The molecule has 0 aliphatic rings. The Balaban J connectivity index is 2.78. The van der Waals surface area contributed by atoms with Crippen LogP contribution in [-0.2, 0) is 11.3 Å². The molecule has 0 fully saturated rings. The summed E-state index contributed by atoms with van der Waals surface area (Å²) >= 11 is 0. The van der Waals surface area contributed by atoms with Crippen molar-refractivity contribution in [1.82, 2.24) is 9.13 Å². The molecule has 7 heteroatoms. The second kappa shape index (κ2) is 5.66. The second-order valence-electron chi connectivity index (χ2n) is 4.39. The van der Waals surface area contributed by atoms with E-state index in [1.54, 1.807) is 31.2 Å². The van der Waals surface area contributed by atoms with Crippen LogP contribution >= 0.6 is 0 Å². The molecule has 0 saturated heterocycles. The van der Waals surface area contributed by atoms with E-state index in [4.69, 9.17) is 9.84 Å². The van der Waals surface area contributed by atoms with Crippen molar-refractivity contribution in [2.45, 2.75) is 13.5 Å². The molecule has 0 saturated carbocycles. The fourth-order valence-electron chi connectivity index (χ4n) is 2.08. The van der Waals surface area contributed by atoms with Crippen molar-refractivity contribution in [3.63, 3.8) is 0 Å². The highest BCUT2D eigenvalue weighted by atomic mass is 16.5. The predicted molar refractivity (Wildman–Crippen MR) is 75.2 cm³/mol. The number of carboxylic acid groups (broad SMARTS) is 1. The minimum absolute atomic E-state index is 0.399.